The average Bonchev–Trinajstić information content (AvgIpc) is 3.10. The van der Waals surface area contributed by atoms with E-state index in [-0.39, 0.29) is 6.42 Å². The molecule has 0 saturated carbocycles. The van der Waals surface area contributed by atoms with Gasteiger partial charge in [-0.25, -0.2) is 4.79 Å². The maximum Gasteiger partial charge on any atom is 0.337 e. The Hall–Kier alpha value is -5.40. The van der Waals surface area contributed by atoms with Crippen molar-refractivity contribution >= 4 is 53.8 Å². The van der Waals surface area contributed by atoms with Gasteiger partial charge >= 0.3 is 47.8 Å². The fraction of sp³-hybridized carbons (Fsp3) is 0.568. The molecule has 2 aliphatic rings. The van der Waals surface area contributed by atoms with Gasteiger partial charge in [-0.05, 0) is 24.1 Å². The molecule has 308 valence electrons. The van der Waals surface area contributed by atoms with E-state index in [1.165, 1.54) is 7.11 Å². The van der Waals surface area contributed by atoms with Gasteiger partial charge in [0.25, 0.3) is 0 Å². The zero-order valence-electron chi connectivity index (χ0n) is 32.1. The second kappa shape index (κ2) is 21.1. The fourth-order valence-electron chi connectivity index (χ4n) is 5.98. The summed E-state index contributed by atoms with van der Waals surface area (Å²) < 4.78 is 61.8. The Morgan fingerprint density at radius 2 is 0.964 bits per heavy atom. The standard InChI is InChI=1S/C37H46O19/c1-18(38)47-16-28-31(50-21(4)41)33(30(49-20(3)40)27(54-28)11-9-10-25-12-14-26(15-13-25)36(45)46-8)56-37-35(53-24(7)44)34(52-23(6)43)32(51-22(5)42)29(55-37)17-48-19(2)39/h9-10,12-15,27-35,37H,11,16-17H2,1-8H3. The Labute approximate surface area is 322 Å². The number of benzene rings is 1. The van der Waals surface area contributed by atoms with Crippen LogP contribution < -0.4 is 0 Å². The first-order chi connectivity index (χ1) is 26.4. The van der Waals surface area contributed by atoms with Crippen molar-refractivity contribution in [1.82, 2.24) is 0 Å². The second-order valence-electron chi connectivity index (χ2n) is 12.6. The number of carbonyl (C=O) groups is 8. The summed E-state index contributed by atoms with van der Waals surface area (Å²) in [5.41, 5.74) is 0.985. The molecule has 0 spiro atoms. The third-order valence-electron chi connectivity index (χ3n) is 8.03. The summed E-state index contributed by atoms with van der Waals surface area (Å²) in [6.45, 7) is 6.51. The van der Waals surface area contributed by atoms with Crippen molar-refractivity contribution in [3.8, 4) is 0 Å². The Morgan fingerprint density at radius 3 is 1.43 bits per heavy atom. The first-order valence-corrected chi connectivity index (χ1v) is 17.3. The number of methoxy groups -OCH3 is 1. The van der Waals surface area contributed by atoms with E-state index in [1.54, 1.807) is 36.4 Å². The summed E-state index contributed by atoms with van der Waals surface area (Å²) in [7, 11) is 1.26. The van der Waals surface area contributed by atoms with Gasteiger partial charge in [-0.15, -0.1) is 0 Å². The first kappa shape index (κ1) is 45.0. The predicted octanol–water partition coefficient (Wildman–Crippen LogP) is 1.54. The molecular weight excluding hydrogens is 748 g/mol. The molecule has 0 amide bonds. The van der Waals surface area contributed by atoms with Crippen molar-refractivity contribution in [3.05, 3.63) is 41.5 Å². The van der Waals surface area contributed by atoms with Crippen molar-refractivity contribution in [2.24, 2.45) is 0 Å². The van der Waals surface area contributed by atoms with Gasteiger partial charge in [0.05, 0.1) is 12.7 Å². The molecule has 56 heavy (non-hydrogen) atoms. The fourth-order valence-corrected chi connectivity index (χ4v) is 5.98. The highest BCUT2D eigenvalue weighted by atomic mass is 16.8. The van der Waals surface area contributed by atoms with Crippen LogP contribution in [0.5, 0.6) is 0 Å². The predicted molar refractivity (Wildman–Crippen MR) is 185 cm³/mol. The molecule has 2 fully saturated rings. The molecule has 0 aliphatic carbocycles. The number of rotatable bonds is 15. The Bertz CT molecular complexity index is 1620. The minimum absolute atomic E-state index is 0.00149. The number of ether oxygens (including phenoxy) is 11. The first-order valence-electron chi connectivity index (χ1n) is 17.3. The van der Waals surface area contributed by atoms with E-state index >= 15 is 0 Å². The molecule has 19 heteroatoms. The minimum Gasteiger partial charge on any atom is -0.465 e. The molecule has 10 atom stereocenters. The minimum atomic E-state index is -1.80. The van der Waals surface area contributed by atoms with Crippen molar-refractivity contribution in [3.63, 3.8) is 0 Å². The molecule has 2 aliphatic heterocycles. The molecule has 19 nitrogen and oxygen atoms in total. The summed E-state index contributed by atoms with van der Waals surface area (Å²) in [5.74, 6) is -6.33. The smallest absolute Gasteiger partial charge is 0.337 e. The van der Waals surface area contributed by atoms with Crippen molar-refractivity contribution in [1.29, 1.82) is 0 Å². The highest BCUT2D eigenvalue weighted by molar-refractivity contribution is 5.89. The van der Waals surface area contributed by atoms with E-state index < -0.39 is 122 Å². The van der Waals surface area contributed by atoms with Gasteiger partial charge in [-0.3, -0.25) is 33.6 Å². The highest BCUT2D eigenvalue weighted by Gasteiger charge is 2.57. The third kappa shape index (κ3) is 13.4. The Morgan fingerprint density at radius 1 is 0.536 bits per heavy atom. The largest absolute Gasteiger partial charge is 0.465 e. The van der Waals surface area contributed by atoms with E-state index in [2.05, 4.69) is 0 Å². The Balaban J connectivity index is 2.16. The van der Waals surface area contributed by atoms with Crippen LogP contribution in [0.1, 0.15) is 70.8 Å². The van der Waals surface area contributed by atoms with Crippen LogP contribution in [-0.2, 0) is 85.7 Å². The summed E-state index contributed by atoms with van der Waals surface area (Å²) in [6, 6.07) is 6.43. The molecule has 0 aromatic heterocycles. The number of carbonyl (C=O) groups excluding carboxylic acids is 8. The molecule has 0 bridgehead atoms. The molecule has 10 unspecified atom stereocenters. The molecule has 1 aromatic rings. The molecule has 2 saturated heterocycles. The van der Waals surface area contributed by atoms with Crippen molar-refractivity contribution in [2.75, 3.05) is 20.3 Å². The summed E-state index contributed by atoms with van der Waals surface area (Å²) in [4.78, 5) is 97.9. The normalized spacial score (nSPS) is 27.2. The third-order valence-corrected chi connectivity index (χ3v) is 8.03. The van der Waals surface area contributed by atoms with Crippen molar-refractivity contribution in [2.45, 2.75) is 116 Å². The summed E-state index contributed by atoms with van der Waals surface area (Å²) in [5, 5.41) is 0. The molecule has 3 rings (SSSR count). The van der Waals surface area contributed by atoms with Gasteiger partial charge in [-0.2, -0.15) is 0 Å². The zero-order valence-corrected chi connectivity index (χ0v) is 32.1. The number of esters is 8. The lowest BCUT2D eigenvalue weighted by Crippen LogP contribution is -2.67. The van der Waals surface area contributed by atoms with Crippen LogP contribution in [0.2, 0.25) is 0 Å². The van der Waals surface area contributed by atoms with Gasteiger partial charge < -0.3 is 52.1 Å². The van der Waals surface area contributed by atoms with E-state index in [1.807, 2.05) is 0 Å². The topological polar surface area (TPSA) is 238 Å². The Kier molecular flexibility index (Phi) is 16.9. The van der Waals surface area contributed by atoms with Crippen LogP contribution in [-0.4, -0.2) is 129 Å². The van der Waals surface area contributed by atoms with Crippen LogP contribution in [0.15, 0.2) is 30.3 Å². The van der Waals surface area contributed by atoms with Crippen LogP contribution in [0.25, 0.3) is 6.08 Å². The van der Waals surface area contributed by atoms with E-state index in [0.29, 0.717) is 11.1 Å². The second-order valence-corrected chi connectivity index (χ2v) is 12.6. The van der Waals surface area contributed by atoms with Gasteiger partial charge in [0, 0.05) is 48.5 Å². The molecule has 1 aromatic carbocycles. The van der Waals surface area contributed by atoms with Gasteiger partial charge in [0.1, 0.15) is 37.6 Å². The highest BCUT2D eigenvalue weighted by Crippen LogP contribution is 2.36. The lowest BCUT2D eigenvalue weighted by Gasteiger charge is -2.49. The van der Waals surface area contributed by atoms with Gasteiger partial charge in [0.2, 0.25) is 0 Å². The summed E-state index contributed by atoms with van der Waals surface area (Å²) in [6.07, 6.45) is -11.6. The molecular formula is C37H46O19. The van der Waals surface area contributed by atoms with Gasteiger partial charge in [-0.1, -0.05) is 24.3 Å². The number of hydrogen-bond acceptors (Lipinski definition) is 19. The lowest BCUT2D eigenvalue weighted by molar-refractivity contribution is -0.344. The molecule has 2 heterocycles. The maximum atomic E-state index is 12.6. The van der Waals surface area contributed by atoms with Crippen LogP contribution in [0, 0.1) is 0 Å². The van der Waals surface area contributed by atoms with Crippen LogP contribution in [0.3, 0.4) is 0 Å². The lowest BCUT2D eigenvalue weighted by atomic mass is 9.91. The average molecular weight is 795 g/mol. The number of hydrogen-bond donors (Lipinski definition) is 0. The molecule has 0 radical (unpaired) electrons. The zero-order chi connectivity index (χ0) is 41.7. The summed E-state index contributed by atoms with van der Waals surface area (Å²) >= 11 is 0. The maximum absolute atomic E-state index is 12.6. The van der Waals surface area contributed by atoms with Gasteiger partial charge in [0.15, 0.2) is 36.8 Å². The van der Waals surface area contributed by atoms with E-state index in [9.17, 15) is 38.4 Å². The van der Waals surface area contributed by atoms with Crippen LogP contribution in [0.4, 0.5) is 0 Å². The van der Waals surface area contributed by atoms with Crippen molar-refractivity contribution < 1.29 is 90.5 Å². The van der Waals surface area contributed by atoms with E-state index in [4.69, 9.17) is 52.1 Å². The monoisotopic (exact) mass is 794 g/mol. The van der Waals surface area contributed by atoms with Crippen LogP contribution >= 0.6 is 0 Å². The quantitative estimate of drug-likeness (QED) is 0.181. The van der Waals surface area contributed by atoms with E-state index in [0.717, 1.165) is 48.5 Å². The molecule has 0 N–H and O–H groups in total. The SMILES string of the molecule is COC(=O)c1ccc(C=CCC2OC(COC(C)=O)C(OC(C)=O)C(OC3OC(COC(C)=O)C(OC(C)=O)C(OC(C)=O)C3OC(C)=O)C2OC(C)=O)cc1.